The summed E-state index contributed by atoms with van der Waals surface area (Å²) in [6.45, 7) is 5.15. The highest BCUT2D eigenvalue weighted by atomic mass is 35.5. The molecule has 1 amide bonds. The summed E-state index contributed by atoms with van der Waals surface area (Å²) in [5, 5.41) is 11.4. The number of hydrogen-bond acceptors (Lipinski definition) is 5. The van der Waals surface area contributed by atoms with Crippen molar-refractivity contribution in [1.82, 2.24) is 10.0 Å². The van der Waals surface area contributed by atoms with Crippen molar-refractivity contribution in [3.8, 4) is 0 Å². The molecule has 0 spiro atoms. The number of amides is 1. The van der Waals surface area contributed by atoms with Crippen LogP contribution in [-0.4, -0.2) is 27.4 Å². The van der Waals surface area contributed by atoms with Gasteiger partial charge in [-0.25, -0.2) is 14.9 Å². The molecule has 0 aliphatic carbocycles. The van der Waals surface area contributed by atoms with Gasteiger partial charge < -0.3 is 9.52 Å². The van der Waals surface area contributed by atoms with Crippen molar-refractivity contribution < 1.29 is 19.2 Å². The molecule has 0 bridgehead atoms. The third-order valence-corrected chi connectivity index (χ3v) is 3.95. The number of aliphatic hydroxyl groups is 1. The Bertz CT molecular complexity index is 725. The van der Waals surface area contributed by atoms with E-state index in [1.54, 1.807) is 32.9 Å². The Kier molecular flexibility index (Phi) is 3.20. The largest absolute Gasteiger partial charge is 0.441 e. The van der Waals surface area contributed by atoms with Crippen LogP contribution in [0.3, 0.4) is 0 Å². The first kappa shape index (κ1) is 14.3. The molecule has 1 saturated heterocycles. The molecule has 1 unspecified atom stereocenters. The molecule has 3 rings (SSSR count). The van der Waals surface area contributed by atoms with Crippen molar-refractivity contribution in [2.45, 2.75) is 33.6 Å². The lowest BCUT2D eigenvalue weighted by atomic mass is 9.92. The Balaban J connectivity index is 1.92. The van der Waals surface area contributed by atoms with Crippen LogP contribution in [0.2, 0.25) is 5.02 Å². The second-order valence-electron chi connectivity index (χ2n) is 5.67. The number of halogens is 1. The monoisotopic (exact) mass is 310 g/mol. The van der Waals surface area contributed by atoms with Gasteiger partial charge in [-0.05, 0) is 25.5 Å². The number of aryl methyl sites for hydroxylation is 1. The summed E-state index contributed by atoms with van der Waals surface area (Å²) in [7, 11) is 0. The minimum absolute atomic E-state index is 0.139. The van der Waals surface area contributed by atoms with Crippen molar-refractivity contribution in [2.24, 2.45) is 5.41 Å². The number of hydrogen-bond donors (Lipinski definition) is 1. The fourth-order valence-corrected chi connectivity index (χ4v) is 2.43. The Labute approximate surface area is 126 Å². The van der Waals surface area contributed by atoms with Crippen molar-refractivity contribution >= 4 is 28.6 Å². The summed E-state index contributed by atoms with van der Waals surface area (Å²) >= 11 is 6.20. The molecule has 1 aliphatic heterocycles. The summed E-state index contributed by atoms with van der Waals surface area (Å²) in [5.74, 6) is 0.255. The summed E-state index contributed by atoms with van der Waals surface area (Å²) in [6, 6.07) is 3.41. The minimum Gasteiger partial charge on any atom is -0.441 e. The molecule has 1 aromatic carbocycles. The van der Waals surface area contributed by atoms with E-state index >= 15 is 0 Å². The molecule has 1 aliphatic rings. The summed E-state index contributed by atoms with van der Waals surface area (Å²) in [4.78, 5) is 21.6. The fourth-order valence-electron chi connectivity index (χ4n) is 2.22. The van der Waals surface area contributed by atoms with Crippen molar-refractivity contribution in [1.29, 1.82) is 0 Å². The molecule has 1 atom stereocenters. The maximum atomic E-state index is 12.2. The third kappa shape index (κ3) is 2.29. The van der Waals surface area contributed by atoms with E-state index in [-0.39, 0.29) is 12.5 Å². The number of aromatic nitrogens is 1. The van der Waals surface area contributed by atoms with E-state index in [0.717, 1.165) is 5.06 Å². The molecule has 2 heterocycles. The number of nitrogens with zero attached hydrogens (tertiary/aromatic N) is 2. The first-order chi connectivity index (χ1) is 9.79. The highest BCUT2D eigenvalue weighted by Crippen LogP contribution is 2.34. The predicted octanol–water partition coefficient (Wildman–Crippen LogP) is 2.41. The van der Waals surface area contributed by atoms with E-state index in [9.17, 15) is 9.90 Å². The second kappa shape index (κ2) is 4.69. The van der Waals surface area contributed by atoms with Gasteiger partial charge >= 0.3 is 0 Å². The lowest BCUT2D eigenvalue weighted by molar-refractivity contribution is -0.228. The standard InChI is InChI=1S/C14H15ClN2O4/c1-7-16-10-4-8(9(15)5-11(10)20-7)6-17-12(18)14(2,3)13(19)21-17/h4-5,13,19H,6H2,1-3H3. The van der Waals surface area contributed by atoms with Crippen LogP contribution in [0.4, 0.5) is 0 Å². The molecule has 1 fully saturated rings. The smallest absolute Gasteiger partial charge is 0.257 e. The molecular formula is C14H15ClN2O4. The van der Waals surface area contributed by atoms with E-state index in [2.05, 4.69) is 4.98 Å². The van der Waals surface area contributed by atoms with Gasteiger partial charge in [0.15, 0.2) is 17.8 Å². The molecule has 21 heavy (non-hydrogen) atoms. The molecule has 0 radical (unpaired) electrons. The van der Waals surface area contributed by atoms with Crippen molar-refractivity contribution in [3.63, 3.8) is 0 Å². The molecule has 7 heteroatoms. The van der Waals surface area contributed by atoms with Crippen LogP contribution in [0, 0.1) is 12.3 Å². The Morgan fingerprint density at radius 3 is 2.81 bits per heavy atom. The SMILES string of the molecule is Cc1nc2cc(CN3OC(O)C(C)(C)C3=O)c(Cl)cc2o1. The summed E-state index contributed by atoms with van der Waals surface area (Å²) < 4.78 is 5.40. The van der Waals surface area contributed by atoms with E-state index in [4.69, 9.17) is 20.9 Å². The quantitative estimate of drug-likeness (QED) is 0.922. The van der Waals surface area contributed by atoms with Crippen LogP contribution < -0.4 is 0 Å². The average molecular weight is 311 g/mol. The van der Waals surface area contributed by atoms with Gasteiger partial charge in [0, 0.05) is 18.0 Å². The summed E-state index contributed by atoms with van der Waals surface area (Å²) in [6.07, 6.45) is -1.16. The Hall–Kier alpha value is -1.63. The number of fused-ring (bicyclic) bond motifs is 1. The zero-order valence-electron chi connectivity index (χ0n) is 11.9. The first-order valence-electron chi connectivity index (χ1n) is 6.51. The van der Waals surface area contributed by atoms with E-state index in [0.29, 0.717) is 27.6 Å². The molecule has 0 saturated carbocycles. The van der Waals surface area contributed by atoms with E-state index < -0.39 is 11.7 Å². The predicted molar refractivity (Wildman–Crippen MR) is 75.2 cm³/mol. The lowest BCUT2D eigenvalue weighted by Crippen LogP contribution is -2.32. The Morgan fingerprint density at radius 1 is 1.48 bits per heavy atom. The minimum atomic E-state index is -1.16. The van der Waals surface area contributed by atoms with Crippen LogP contribution in [0.15, 0.2) is 16.5 Å². The number of oxazole rings is 1. The van der Waals surface area contributed by atoms with Gasteiger partial charge in [0.1, 0.15) is 5.52 Å². The average Bonchev–Trinajstić information content (AvgIpc) is 2.83. The second-order valence-corrected chi connectivity index (χ2v) is 6.07. The van der Waals surface area contributed by atoms with Gasteiger partial charge in [0.25, 0.3) is 5.91 Å². The number of benzene rings is 1. The molecule has 2 aromatic rings. The highest BCUT2D eigenvalue weighted by molar-refractivity contribution is 6.32. The zero-order chi connectivity index (χ0) is 15.4. The van der Waals surface area contributed by atoms with E-state index in [1.165, 1.54) is 0 Å². The highest BCUT2D eigenvalue weighted by Gasteiger charge is 2.48. The van der Waals surface area contributed by atoms with Crippen LogP contribution in [0.5, 0.6) is 0 Å². The topological polar surface area (TPSA) is 75.8 Å². The van der Waals surface area contributed by atoms with Gasteiger partial charge in [0.05, 0.1) is 12.0 Å². The number of carbonyl (C=O) groups is 1. The normalized spacial score (nSPS) is 21.5. The van der Waals surface area contributed by atoms with Gasteiger partial charge in [-0.1, -0.05) is 11.6 Å². The fraction of sp³-hybridized carbons (Fsp3) is 0.429. The van der Waals surface area contributed by atoms with Crippen LogP contribution in [0.1, 0.15) is 25.3 Å². The summed E-state index contributed by atoms with van der Waals surface area (Å²) in [5.41, 5.74) is 0.963. The van der Waals surface area contributed by atoms with Crippen LogP contribution in [0.25, 0.3) is 11.1 Å². The zero-order valence-corrected chi connectivity index (χ0v) is 12.6. The van der Waals surface area contributed by atoms with Crippen molar-refractivity contribution in [2.75, 3.05) is 0 Å². The maximum absolute atomic E-state index is 12.2. The molecule has 1 N–H and O–H groups in total. The number of hydroxylamine groups is 2. The van der Waals surface area contributed by atoms with Gasteiger partial charge in [-0.2, -0.15) is 0 Å². The van der Waals surface area contributed by atoms with Gasteiger partial charge in [-0.15, -0.1) is 0 Å². The molecule has 1 aromatic heterocycles. The number of aliphatic hydroxyl groups excluding tert-OH is 1. The van der Waals surface area contributed by atoms with Gasteiger partial charge in [-0.3, -0.25) is 4.79 Å². The maximum Gasteiger partial charge on any atom is 0.257 e. The number of carbonyl (C=O) groups excluding carboxylic acids is 1. The molecule has 112 valence electrons. The molecule has 6 nitrogen and oxygen atoms in total. The lowest BCUT2D eigenvalue weighted by Gasteiger charge is -2.16. The first-order valence-corrected chi connectivity index (χ1v) is 6.89. The number of rotatable bonds is 2. The molecular weight excluding hydrogens is 296 g/mol. The third-order valence-electron chi connectivity index (χ3n) is 3.60. The Morgan fingerprint density at radius 2 is 2.19 bits per heavy atom. The van der Waals surface area contributed by atoms with Crippen LogP contribution >= 0.6 is 11.6 Å². The van der Waals surface area contributed by atoms with Crippen molar-refractivity contribution in [3.05, 3.63) is 28.6 Å². The van der Waals surface area contributed by atoms with Gasteiger partial charge in [0.2, 0.25) is 0 Å². The van der Waals surface area contributed by atoms with Crippen LogP contribution in [-0.2, 0) is 16.2 Å². The van der Waals surface area contributed by atoms with E-state index in [1.807, 2.05) is 0 Å².